The summed E-state index contributed by atoms with van der Waals surface area (Å²) in [6, 6.07) is 21.0. The van der Waals surface area contributed by atoms with Crippen molar-refractivity contribution < 1.29 is 9.59 Å². The SMILES string of the molecule is Cc1ccc(SCCNC(=O)/C(=C/c2cccs2)NC(=O)c2ccccc2)cc1. The number of amides is 2. The number of nitrogens with one attached hydrogen (secondary N) is 2. The fourth-order valence-corrected chi connectivity index (χ4v) is 3.95. The van der Waals surface area contributed by atoms with Gasteiger partial charge >= 0.3 is 0 Å². The van der Waals surface area contributed by atoms with Gasteiger partial charge in [0.05, 0.1) is 0 Å². The van der Waals surface area contributed by atoms with Gasteiger partial charge in [-0.25, -0.2) is 0 Å². The van der Waals surface area contributed by atoms with Gasteiger partial charge in [-0.05, 0) is 48.7 Å². The molecule has 29 heavy (non-hydrogen) atoms. The third-order valence-corrected chi connectivity index (χ3v) is 5.87. The summed E-state index contributed by atoms with van der Waals surface area (Å²) in [6.45, 7) is 2.56. The van der Waals surface area contributed by atoms with Crippen molar-refractivity contribution in [3.8, 4) is 0 Å². The third-order valence-electron chi connectivity index (χ3n) is 4.04. The maximum Gasteiger partial charge on any atom is 0.267 e. The van der Waals surface area contributed by atoms with Crippen molar-refractivity contribution >= 4 is 41.0 Å². The van der Waals surface area contributed by atoms with Crippen molar-refractivity contribution in [1.82, 2.24) is 10.6 Å². The molecule has 2 N–H and O–H groups in total. The molecular weight excluding hydrogens is 400 g/mol. The van der Waals surface area contributed by atoms with Gasteiger partial charge in [-0.2, -0.15) is 0 Å². The van der Waals surface area contributed by atoms with Crippen LogP contribution in [-0.2, 0) is 4.79 Å². The summed E-state index contributed by atoms with van der Waals surface area (Å²) >= 11 is 3.19. The number of carbonyl (C=O) groups excluding carboxylic acids is 2. The van der Waals surface area contributed by atoms with Crippen molar-refractivity contribution in [3.63, 3.8) is 0 Å². The summed E-state index contributed by atoms with van der Waals surface area (Å²) in [5.41, 5.74) is 1.97. The van der Waals surface area contributed by atoms with Gasteiger partial charge in [0, 0.05) is 27.6 Å². The summed E-state index contributed by atoms with van der Waals surface area (Å²) in [7, 11) is 0. The second-order valence-electron chi connectivity index (χ2n) is 6.31. The second kappa shape index (κ2) is 10.6. The van der Waals surface area contributed by atoms with E-state index in [9.17, 15) is 9.59 Å². The minimum atomic E-state index is -0.308. The third kappa shape index (κ3) is 6.62. The molecule has 1 aromatic heterocycles. The van der Waals surface area contributed by atoms with Gasteiger partial charge < -0.3 is 10.6 Å². The van der Waals surface area contributed by atoms with E-state index >= 15 is 0 Å². The van der Waals surface area contributed by atoms with Gasteiger partial charge in [0.25, 0.3) is 11.8 Å². The van der Waals surface area contributed by atoms with Crippen LogP contribution in [0.25, 0.3) is 6.08 Å². The zero-order valence-electron chi connectivity index (χ0n) is 16.1. The molecule has 0 atom stereocenters. The van der Waals surface area contributed by atoms with Crippen LogP contribution in [0.3, 0.4) is 0 Å². The van der Waals surface area contributed by atoms with Gasteiger partial charge in [-0.3, -0.25) is 9.59 Å². The molecule has 2 aromatic carbocycles. The Bertz CT molecular complexity index is 966. The van der Waals surface area contributed by atoms with E-state index in [2.05, 4.69) is 41.8 Å². The van der Waals surface area contributed by atoms with Crippen LogP contribution in [0.4, 0.5) is 0 Å². The molecule has 0 unspecified atom stereocenters. The Hall–Kier alpha value is -2.83. The van der Waals surface area contributed by atoms with Crippen LogP contribution in [0.2, 0.25) is 0 Å². The van der Waals surface area contributed by atoms with Gasteiger partial charge in [0.15, 0.2) is 0 Å². The zero-order chi connectivity index (χ0) is 20.5. The first-order valence-electron chi connectivity index (χ1n) is 9.21. The molecule has 0 saturated heterocycles. The topological polar surface area (TPSA) is 58.2 Å². The Balaban J connectivity index is 1.60. The Morgan fingerprint density at radius 3 is 2.45 bits per heavy atom. The van der Waals surface area contributed by atoms with Crippen LogP contribution in [0.1, 0.15) is 20.8 Å². The van der Waals surface area contributed by atoms with Crippen LogP contribution in [0.5, 0.6) is 0 Å². The van der Waals surface area contributed by atoms with E-state index in [1.54, 1.807) is 42.1 Å². The maximum atomic E-state index is 12.7. The number of thiophene rings is 1. The van der Waals surface area contributed by atoms with E-state index in [0.29, 0.717) is 12.1 Å². The van der Waals surface area contributed by atoms with Gasteiger partial charge in [-0.1, -0.05) is 42.0 Å². The molecule has 3 rings (SSSR count). The standard InChI is InChI=1S/C23H22N2O2S2/c1-17-9-11-19(12-10-17)29-15-13-24-23(27)21(16-20-8-5-14-28-20)25-22(26)18-6-3-2-4-7-18/h2-12,14,16H,13,15H2,1H3,(H,24,27)(H,25,26)/b21-16-. The quantitative estimate of drug-likeness (QED) is 0.313. The molecule has 0 saturated carbocycles. The van der Waals surface area contributed by atoms with E-state index in [1.165, 1.54) is 16.9 Å². The zero-order valence-corrected chi connectivity index (χ0v) is 17.7. The average molecular weight is 423 g/mol. The molecule has 6 heteroatoms. The van der Waals surface area contributed by atoms with Crippen molar-refractivity contribution in [2.24, 2.45) is 0 Å². The highest BCUT2D eigenvalue weighted by Crippen LogP contribution is 2.17. The monoisotopic (exact) mass is 422 g/mol. The number of rotatable bonds is 8. The normalized spacial score (nSPS) is 11.1. The fraction of sp³-hybridized carbons (Fsp3) is 0.130. The highest BCUT2D eigenvalue weighted by Gasteiger charge is 2.14. The summed E-state index contributed by atoms with van der Waals surface area (Å²) in [5, 5.41) is 7.57. The van der Waals surface area contributed by atoms with Crippen molar-refractivity contribution in [1.29, 1.82) is 0 Å². The summed E-state index contributed by atoms with van der Waals surface area (Å²) < 4.78 is 0. The minimum Gasteiger partial charge on any atom is -0.350 e. The number of aryl methyl sites for hydroxylation is 1. The number of carbonyl (C=O) groups is 2. The van der Waals surface area contributed by atoms with Gasteiger partial charge in [-0.15, -0.1) is 23.1 Å². The van der Waals surface area contributed by atoms with Crippen LogP contribution in [0.15, 0.2) is 82.7 Å². The van der Waals surface area contributed by atoms with Crippen LogP contribution in [0, 0.1) is 6.92 Å². The van der Waals surface area contributed by atoms with Crippen molar-refractivity contribution in [2.75, 3.05) is 12.3 Å². The number of thioether (sulfide) groups is 1. The van der Waals surface area contributed by atoms with E-state index < -0.39 is 0 Å². The molecular formula is C23H22N2O2S2. The molecule has 3 aromatic rings. The highest BCUT2D eigenvalue weighted by atomic mass is 32.2. The molecule has 0 bridgehead atoms. The molecule has 0 aliphatic heterocycles. The Kier molecular flexibility index (Phi) is 7.67. The lowest BCUT2D eigenvalue weighted by atomic mass is 10.2. The first-order valence-corrected chi connectivity index (χ1v) is 11.1. The van der Waals surface area contributed by atoms with Crippen molar-refractivity contribution in [3.05, 3.63) is 93.8 Å². The van der Waals surface area contributed by atoms with E-state index in [1.807, 2.05) is 23.6 Å². The molecule has 148 valence electrons. The summed E-state index contributed by atoms with van der Waals surface area (Å²) in [6.07, 6.45) is 1.70. The Morgan fingerprint density at radius 1 is 1.00 bits per heavy atom. The van der Waals surface area contributed by atoms with E-state index in [-0.39, 0.29) is 17.5 Å². The Morgan fingerprint density at radius 2 is 1.76 bits per heavy atom. The average Bonchev–Trinajstić information content (AvgIpc) is 3.25. The first-order chi connectivity index (χ1) is 14.1. The lowest BCUT2D eigenvalue weighted by molar-refractivity contribution is -0.117. The lowest BCUT2D eigenvalue weighted by Gasteiger charge is -2.11. The molecule has 4 nitrogen and oxygen atoms in total. The minimum absolute atomic E-state index is 0.238. The molecule has 0 fully saturated rings. The van der Waals surface area contributed by atoms with Gasteiger partial charge in [0.1, 0.15) is 5.70 Å². The van der Waals surface area contributed by atoms with Crippen LogP contribution < -0.4 is 10.6 Å². The van der Waals surface area contributed by atoms with Crippen LogP contribution >= 0.6 is 23.1 Å². The fourth-order valence-electron chi connectivity index (χ4n) is 2.52. The van der Waals surface area contributed by atoms with Crippen molar-refractivity contribution in [2.45, 2.75) is 11.8 Å². The summed E-state index contributed by atoms with van der Waals surface area (Å²) in [5.74, 6) is 0.137. The first kappa shape index (κ1) is 20.9. The van der Waals surface area contributed by atoms with E-state index in [0.717, 1.165) is 15.5 Å². The van der Waals surface area contributed by atoms with Crippen LogP contribution in [-0.4, -0.2) is 24.1 Å². The molecule has 0 spiro atoms. The maximum absolute atomic E-state index is 12.7. The molecule has 0 aliphatic rings. The van der Waals surface area contributed by atoms with E-state index in [4.69, 9.17) is 0 Å². The Labute approximate surface area is 179 Å². The highest BCUT2D eigenvalue weighted by molar-refractivity contribution is 7.99. The number of hydrogen-bond acceptors (Lipinski definition) is 4. The largest absolute Gasteiger partial charge is 0.350 e. The summed E-state index contributed by atoms with van der Waals surface area (Å²) in [4.78, 5) is 27.3. The second-order valence-corrected chi connectivity index (χ2v) is 8.46. The molecule has 0 radical (unpaired) electrons. The molecule has 0 aliphatic carbocycles. The predicted octanol–water partition coefficient (Wildman–Crippen LogP) is 4.74. The number of hydrogen-bond donors (Lipinski definition) is 2. The number of benzene rings is 2. The lowest BCUT2D eigenvalue weighted by Crippen LogP contribution is -2.35. The smallest absolute Gasteiger partial charge is 0.267 e. The van der Waals surface area contributed by atoms with Gasteiger partial charge in [0.2, 0.25) is 0 Å². The predicted molar refractivity (Wildman–Crippen MR) is 121 cm³/mol. The molecule has 2 amide bonds. The molecule has 1 heterocycles.